The predicted molar refractivity (Wildman–Crippen MR) is 78.9 cm³/mol. The van der Waals surface area contributed by atoms with Crippen molar-refractivity contribution in [2.75, 3.05) is 0 Å². The van der Waals surface area contributed by atoms with E-state index in [1.165, 1.54) is 42.7 Å². The minimum Gasteiger partial charge on any atom is -0.324 e. The number of hydrogen-bond donors (Lipinski definition) is 1. The van der Waals surface area contributed by atoms with Crippen LogP contribution in [0.1, 0.15) is 62.7 Å². The van der Waals surface area contributed by atoms with Crippen LogP contribution in [0, 0.1) is 6.92 Å². The van der Waals surface area contributed by atoms with Crippen molar-refractivity contribution in [2.24, 2.45) is 5.73 Å². The van der Waals surface area contributed by atoms with Gasteiger partial charge < -0.3 is 5.73 Å². The second kappa shape index (κ2) is 6.58. The summed E-state index contributed by atoms with van der Waals surface area (Å²) >= 11 is 1.95. The number of nitrogens with zero attached hydrogens (tertiary/aromatic N) is 1. The standard InChI is InChI=1S/C15H24N2S/c1-3-14(16)13-9-10-15(17-11(13)2)18-12-7-5-4-6-8-12/h9-10,12,14H,3-8,16H2,1-2H3/t14-/m0/s1. The van der Waals surface area contributed by atoms with Gasteiger partial charge >= 0.3 is 0 Å². The van der Waals surface area contributed by atoms with Gasteiger partial charge in [0.05, 0.1) is 5.03 Å². The molecule has 0 aromatic carbocycles. The van der Waals surface area contributed by atoms with Crippen molar-refractivity contribution in [3.63, 3.8) is 0 Å². The van der Waals surface area contributed by atoms with Crippen LogP contribution in [0.15, 0.2) is 17.2 Å². The van der Waals surface area contributed by atoms with Crippen LogP contribution in [0.25, 0.3) is 0 Å². The van der Waals surface area contributed by atoms with Gasteiger partial charge in [0.2, 0.25) is 0 Å². The van der Waals surface area contributed by atoms with Crippen LogP contribution in [-0.4, -0.2) is 10.2 Å². The van der Waals surface area contributed by atoms with Gasteiger partial charge in [-0.05, 0) is 37.8 Å². The first-order valence-corrected chi connectivity index (χ1v) is 7.98. The lowest BCUT2D eigenvalue weighted by Gasteiger charge is -2.21. The molecule has 100 valence electrons. The van der Waals surface area contributed by atoms with Crippen molar-refractivity contribution in [3.05, 3.63) is 23.4 Å². The number of thioether (sulfide) groups is 1. The molecular weight excluding hydrogens is 240 g/mol. The monoisotopic (exact) mass is 264 g/mol. The summed E-state index contributed by atoms with van der Waals surface area (Å²) in [5, 5.41) is 1.95. The first-order chi connectivity index (χ1) is 8.70. The van der Waals surface area contributed by atoms with Crippen LogP contribution in [0.3, 0.4) is 0 Å². The molecule has 2 rings (SSSR count). The molecule has 1 saturated carbocycles. The first-order valence-electron chi connectivity index (χ1n) is 7.10. The largest absolute Gasteiger partial charge is 0.324 e. The average Bonchev–Trinajstić information content (AvgIpc) is 2.39. The normalized spacial score (nSPS) is 18.8. The fourth-order valence-electron chi connectivity index (χ4n) is 2.58. The zero-order chi connectivity index (χ0) is 13.0. The van der Waals surface area contributed by atoms with E-state index in [1.807, 2.05) is 11.8 Å². The highest BCUT2D eigenvalue weighted by Crippen LogP contribution is 2.33. The van der Waals surface area contributed by atoms with E-state index in [9.17, 15) is 0 Å². The number of aromatic nitrogens is 1. The average molecular weight is 264 g/mol. The molecule has 1 aliphatic carbocycles. The Morgan fingerprint density at radius 3 is 2.67 bits per heavy atom. The molecule has 0 amide bonds. The minimum atomic E-state index is 0.131. The Kier molecular flexibility index (Phi) is 5.07. The molecular formula is C15H24N2S. The molecule has 1 aliphatic rings. The fraction of sp³-hybridized carbons (Fsp3) is 0.667. The van der Waals surface area contributed by atoms with Crippen LogP contribution in [0.4, 0.5) is 0 Å². The van der Waals surface area contributed by atoms with Gasteiger partial charge in [-0.2, -0.15) is 0 Å². The maximum atomic E-state index is 6.08. The maximum Gasteiger partial charge on any atom is 0.0965 e. The third kappa shape index (κ3) is 3.48. The highest BCUT2D eigenvalue weighted by molar-refractivity contribution is 7.99. The molecule has 2 nitrogen and oxygen atoms in total. The molecule has 0 bridgehead atoms. The van der Waals surface area contributed by atoms with Crippen molar-refractivity contribution in [1.82, 2.24) is 4.98 Å². The Morgan fingerprint density at radius 1 is 1.33 bits per heavy atom. The number of rotatable bonds is 4. The Morgan fingerprint density at radius 2 is 2.06 bits per heavy atom. The quantitative estimate of drug-likeness (QED) is 0.884. The summed E-state index contributed by atoms with van der Waals surface area (Å²) in [6, 6.07) is 4.45. The molecule has 1 heterocycles. The molecule has 2 N–H and O–H groups in total. The summed E-state index contributed by atoms with van der Waals surface area (Å²) in [7, 11) is 0. The number of hydrogen-bond acceptors (Lipinski definition) is 3. The number of aryl methyl sites for hydroxylation is 1. The first kappa shape index (κ1) is 13.9. The Labute approximate surface area is 115 Å². The summed E-state index contributed by atoms with van der Waals surface area (Å²) < 4.78 is 0. The highest BCUT2D eigenvalue weighted by atomic mass is 32.2. The van der Waals surface area contributed by atoms with E-state index in [2.05, 4.69) is 26.0 Å². The van der Waals surface area contributed by atoms with Crippen LogP contribution in [0.5, 0.6) is 0 Å². The van der Waals surface area contributed by atoms with Crippen LogP contribution in [0.2, 0.25) is 0 Å². The topological polar surface area (TPSA) is 38.9 Å². The molecule has 0 radical (unpaired) electrons. The number of pyridine rings is 1. The van der Waals surface area contributed by atoms with E-state index >= 15 is 0 Å². The lowest BCUT2D eigenvalue weighted by molar-refractivity contribution is 0.515. The summed E-state index contributed by atoms with van der Waals surface area (Å²) in [5.41, 5.74) is 8.38. The van der Waals surface area contributed by atoms with Gasteiger partial charge in [0.1, 0.15) is 0 Å². The van der Waals surface area contributed by atoms with Crippen molar-refractivity contribution < 1.29 is 0 Å². The smallest absolute Gasteiger partial charge is 0.0965 e. The highest BCUT2D eigenvalue weighted by Gasteiger charge is 2.16. The zero-order valence-corrected chi connectivity index (χ0v) is 12.3. The van der Waals surface area contributed by atoms with Crippen molar-refractivity contribution in [2.45, 2.75) is 68.7 Å². The number of nitrogens with two attached hydrogens (primary N) is 1. The SMILES string of the molecule is CC[C@H](N)c1ccc(SC2CCCCC2)nc1C. The van der Waals surface area contributed by atoms with E-state index in [1.54, 1.807) is 0 Å². The Bertz CT molecular complexity index is 386. The van der Waals surface area contributed by atoms with Crippen LogP contribution in [-0.2, 0) is 0 Å². The van der Waals surface area contributed by atoms with Gasteiger partial charge in [-0.3, -0.25) is 0 Å². The molecule has 1 atom stereocenters. The van der Waals surface area contributed by atoms with E-state index in [0.29, 0.717) is 0 Å². The molecule has 3 heteroatoms. The summed E-state index contributed by atoms with van der Waals surface area (Å²) in [6.45, 7) is 4.20. The van der Waals surface area contributed by atoms with Gasteiger partial charge in [0.15, 0.2) is 0 Å². The minimum absolute atomic E-state index is 0.131. The van der Waals surface area contributed by atoms with Crippen LogP contribution >= 0.6 is 11.8 Å². The van der Waals surface area contributed by atoms with Crippen molar-refractivity contribution >= 4 is 11.8 Å². The van der Waals surface area contributed by atoms with Gasteiger partial charge in [0.25, 0.3) is 0 Å². The predicted octanol–water partition coefficient (Wildman–Crippen LogP) is 4.22. The Hall–Kier alpha value is -0.540. The summed E-state index contributed by atoms with van der Waals surface area (Å²) in [6.07, 6.45) is 7.85. The molecule has 0 saturated heterocycles. The molecule has 0 aliphatic heterocycles. The lowest BCUT2D eigenvalue weighted by atomic mass is 10.0. The van der Waals surface area contributed by atoms with E-state index < -0.39 is 0 Å². The van der Waals surface area contributed by atoms with Gasteiger partial charge in [-0.25, -0.2) is 4.98 Å². The second-order valence-electron chi connectivity index (χ2n) is 5.22. The molecule has 0 unspecified atom stereocenters. The van der Waals surface area contributed by atoms with E-state index in [4.69, 9.17) is 10.7 Å². The third-order valence-corrected chi connectivity index (χ3v) is 5.05. The maximum absolute atomic E-state index is 6.08. The molecule has 18 heavy (non-hydrogen) atoms. The molecule has 0 spiro atoms. The summed E-state index contributed by atoms with van der Waals surface area (Å²) in [4.78, 5) is 4.72. The second-order valence-corrected chi connectivity index (χ2v) is 6.54. The fourth-order valence-corrected chi connectivity index (χ4v) is 3.83. The van der Waals surface area contributed by atoms with Crippen molar-refractivity contribution in [3.8, 4) is 0 Å². The van der Waals surface area contributed by atoms with E-state index in [0.717, 1.165) is 17.4 Å². The summed E-state index contributed by atoms with van der Waals surface area (Å²) in [5.74, 6) is 0. The van der Waals surface area contributed by atoms with Crippen LogP contribution < -0.4 is 5.73 Å². The zero-order valence-electron chi connectivity index (χ0n) is 11.5. The molecule has 1 aromatic heterocycles. The van der Waals surface area contributed by atoms with Gasteiger partial charge in [-0.1, -0.05) is 32.3 Å². The van der Waals surface area contributed by atoms with E-state index in [-0.39, 0.29) is 6.04 Å². The molecule has 1 aromatic rings. The lowest BCUT2D eigenvalue weighted by Crippen LogP contribution is -2.12. The van der Waals surface area contributed by atoms with Crippen molar-refractivity contribution in [1.29, 1.82) is 0 Å². The van der Waals surface area contributed by atoms with Gasteiger partial charge in [-0.15, -0.1) is 11.8 Å². The van der Waals surface area contributed by atoms with Gasteiger partial charge in [0, 0.05) is 17.0 Å². The Balaban J connectivity index is 2.03. The third-order valence-electron chi connectivity index (χ3n) is 3.78. The molecule has 1 fully saturated rings.